The minimum absolute atomic E-state index is 0.220. The fourth-order valence-corrected chi connectivity index (χ4v) is 2.34. The highest BCUT2D eigenvalue weighted by atomic mass is 16.5. The maximum absolute atomic E-state index is 12.4. The van der Waals surface area contributed by atoms with E-state index in [1.807, 2.05) is 25.1 Å². The monoisotopic (exact) mass is 313 g/mol. The van der Waals surface area contributed by atoms with Crippen LogP contribution in [0.4, 0.5) is 0 Å². The molecule has 3 heterocycles. The van der Waals surface area contributed by atoms with E-state index in [2.05, 4.69) is 34.4 Å². The summed E-state index contributed by atoms with van der Waals surface area (Å²) in [7, 11) is 0. The first kappa shape index (κ1) is 15.2. The lowest BCUT2D eigenvalue weighted by Gasteiger charge is -2.08. The van der Waals surface area contributed by atoms with Gasteiger partial charge < -0.3 is 9.84 Å². The largest absolute Gasteiger partial charge is 0.340 e. The quantitative estimate of drug-likeness (QED) is 0.782. The minimum Gasteiger partial charge on any atom is -0.340 e. The lowest BCUT2D eigenvalue weighted by molar-refractivity contribution is 0.0934. The van der Waals surface area contributed by atoms with E-state index in [-0.39, 0.29) is 11.9 Å². The fourth-order valence-electron chi connectivity index (χ4n) is 2.34. The molecule has 0 spiro atoms. The Bertz CT molecular complexity index is 821. The summed E-state index contributed by atoms with van der Waals surface area (Å²) in [5.41, 5.74) is 1.27. The second-order valence-electron chi connectivity index (χ2n) is 5.93. The molecule has 3 aromatic rings. The molecule has 0 saturated carbocycles. The third-order valence-corrected chi connectivity index (χ3v) is 3.46. The Kier molecular flexibility index (Phi) is 4.10. The average Bonchev–Trinajstić information content (AvgIpc) is 3.13. The van der Waals surface area contributed by atoms with E-state index in [0.717, 1.165) is 11.9 Å². The molecule has 0 aromatic carbocycles. The topological polar surface area (TPSA) is 85.3 Å². The highest BCUT2D eigenvalue weighted by Gasteiger charge is 2.20. The average molecular weight is 313 g/mol. The van der Waals surface area contributed by atoms with Crippen LogP contribution in [0.3, 0.4) is 0 Å². The van der Waals surface area contributed by atoms with Crippen molar-refractivity contribution in [2.24, 2.45) is 5.92 Å². The Morgan fingerprint density at radius 2 is 2.17 bits per heavy atom. The first-order valence-electron chi connectivity index (χ1n) is 7.60. The molecule has 7 nitrogen and oxygen atoms in total. The molecular weight excluding hydrogens is 294 g/mol. The van der Waals surface area contributed by atoms with Crippen LogP contribution >= 0.6 is 0 Å². The second kappa shape index (κ2) is 6.20. The van der Waals surface area contributed by atoms with E-state index in [0.29, 0.717) is 23.2 Å². The van der Waals surface area contributed by atoms with E-state index in [9.17, 15) is 4.79 Å². The number of carbonyl (C=O) groups excluding carboxylic acids is 1. The lowest BCUT2D eigenvalue weighted by Crippen LogP contribution is -2.26. The molecule has 0 aliphatic carbocycles. The molecule has 0 radical (unpaired) electrons. The van der Waals surface area contributed by atoms with Gasteiger partial charge in [0.15, 0.2) is 5.82 Å². The van der Waals surface area contributed by atoms with Crippen LogP contribution in [0.1, 0.15) is 48.9 Å². The van der Waals surface area contributed by atoms with Crippen LogP contribution < -0.4 is 5.32 Å². The van der Waals surface area contributed by atoms with Gasteiger partial charge in [0.1, 0.15) is 6.04 Å². The number of pyridine rings is 1. The molecule has 0 bridgehead atoms. The number of amides is 1. The number of nitrogens with zero attached hydrogens (tertiary/aromatic N) is 4. The minimum atomic E-state index is -0.366. The van der Waals surface area contributed by atoms with Gasteiger partial charge >= 0.3 is 0 Å². The maximum atomic E-state index is 12.4. The Labute approximate surface area is 133 Å². The zero-order valence-electron chi connectivity index (χ0n) is 13.4. The van der Waals surface area contributed by atoms with Crippen LogP contribution in [-0.4, -0.2) is 25.7 Å². The van der Waals surface area contributed by atoms with Crippen molar-refractivity contribution in [1.29, 1.82) is 0 Å². The van der Waals surface area contributed by atoms with Gasteiger partial charge in [0.2, 0.25) is 5.89 Å². The Hall–Kier alpha value is -2.70. The maximum Gasteiger partial charge on any atom is 0.255 e. The summed E-state index contributed by atoms with van der Waals surface area (Å²) >= 11 is 0. The van der Waals surface area contributed by atoms with Crippen LogP contribution in [0.15, 0.2) is 35.1 Å². The highest BCUT2D eigenvalue weighted by Crippen LogP contribution is 2.15. The standard InChI is InChI=1S/C16H19N5O2/c1-10(2)8-14-19-16(23-20-14)11(3)18-15(22)12-9-17-21-7-5-4-6-13(12)21/h4-7,9-11H,8H2,1-3H3,(H,18,22)/t11-/m0/s1. The summed E-state index contributed by atoms with van der Waals surface area (Å²) in [6.45, 7) is 6.00. The van der Waals surface area contributed by atoms with Crippen molar-refractivity contribution in [2.45, 2.75) is 33.2 Å². The smallest absolute Gasteiger partial charge is 0.255 e. The summed E-state index contributed by atoms with van der Waals surface area (Å²) in [5, 5.41) is 11.0. The van der Waals surface area contributed by atoms with Gasteiger partial charge in [0, 0.05) is 12.6 Å². The van der Waals surface area contributed by atoms with Crippen molar-refractivity contribution in [3.8, 4) is 0 Å². The molecule has 120 valence electrons. The normalized spacial score (nSPS) is 12.7. The summed E-state index contributed by atoms with van der Waals surface area (Å²) in [6.07, 6.45) is 4.10. The van der Waals surface area contributed by atoms with Crippen LogP contribution in [0, 0.1) is 5.92 Å². The van der Waals surface area contributed by atoms with Crippen LogP contribution in [0.5, 0.6) is 0 Å². The van der Waals surface area contributed by atoms with Gasteiger partial charge in [-0.3, -0.25) is 4.79 Å². The van der Waals surface area contributed by atoms with Crippen molar-refractivity contribution >= 4 is 11.4 Å². The molecule has 1 N–H and O–H groups in total. The van der Waals surface area contributed by atoms with Crippen LogP contribution in [-0.2, 0) is 6.42 Å². The van der Waals surface area contributed by atoms with Crippen LogP contribution in [0.25, 0.3) is 5.52 Å². The predicted molar refractivity (Wildman–Crippen MR) is 83.9 cm³/mol. The fraction of sp³-hybridized carbons (Fsp3) is 0.375. The van der Waals surface area contributed by atoms with Gasteiger partial charge in [0.05, 0.1) is 17.3 Å². The van der Waals surface area contributed by atoms with Crippen molar-refractivity contribution < 1.29 is 9.32 Å². The number of hydrogen-bond acceptors (Lipinski definition) is 5. The van der Waals surface area contributed by atoms with Crippen molar-refractivity contribution in [1.82, 2.24) is 25.1 Å². The SMILES string of the molecule is CC(C)Cc1noc([C@H](C)NC(=O)c2cnn3ccccc23)n1. The third kappa shape index (κ3) is 3.23. The van der Waals surface area contributed by atoms with Crippen molar-refractivity contribution in [2.75, 3.05) is 0 Å². The van der Waals surface area contributed by atoms with E-state index < -0.39 is 0 Å². The predicted octanol–water partition coefficient (Wildman–Crippen LogP) is 2.41. The third-order valence-electron chi connectivity index (χ3n) is 3.46. The first-order chi connectivity index (χ1) is 11.0. The molecule has 0 fully saturated rings. The van der Waals surface area contributed by atoms with Gasteiger partial charge in [-0.25, -0.2) is 4.52 Å². The number of hydrogen-bond donors (Lipinski definition) is 1. The Morgan fingerprint density at radius 3 is 2.96 bits per heavy atom. The molecule has 0 saturated heterocycles. The van der Waals surface area contributed by atoms with Crippen molar-refractivity contribution in [3.05, 3.63) is 47.9 Å². The van der Waals surface area contributed by atoms with Gasteiger partial charge in [-0.2, -0.15) is 10.1 Å². The van der Waals surface area contributed by atoms with Gasteiger partial charge in [0.25, 0.3) is 5.91 Å². The first-order valence-corrected chi connectivity index (χ1v) is 7.60. The molecule has 3 aromatic heterocycles. The molecule has 0 unspecified atom stereocenters. The van der Waals surface area contributed by atoms with E-state index in [1.54, 1.807) is 16.9 Å². The van der Waals surface area contributed by atoms with Gasteiger partial charge in [-0.05, 0) is 25.0 Å². The zero-order chi connectivity index (χ0) is 16.4. The van der Waals surface area contributed by atoms with Crippen molar-refractivity contribution in [3.63, 3.8) is 0 Å². The van der Waals surface area contributed by atoms with Gasteiger partial charge in [-0.15, -0.1) is 0 Å². The van der Waals surface area contributed by atoms with Gasteiger partial charge in [-0.1, -0.05) is 25.1 Å². The summed E-state index contributed by atoms with van der Waals surface area (Å²) in [4.78, 5) is 16.8. The molecular formula is C16H19N5O2. The second-order valence-corrected chi connectivity index (χ2v) is 5.93. The summed E-state index contributed by atoms with van der Waals surface area (Å²) in [5.74, 6) is 1.30. The zero-order valence-corrected chi connectivity index (χ0v) is 13.4. The van der Waals surface area contributed by atoms with E-state index in [4.69, 9.17) is 4.52 Å². The molecule has 7 heteroatoms. The lowest BCUT2D eigenvalue weighted by atomic mass is 10.1. The van der Waals surface area contributed by atoms with E-state index in [1.165, 1.54) is 0 Å². The van der Waals surface area contributed by atoms with E-state index >= 15 is 0 Å². The number of carbonyl (C=O) groups is 1. The summed E-state index contributed by atoms with van der Waals surface area (Å²) in [6, 6.07) is 5.21. The molecule has 1 atom stereocenters. The molecule has 1 amide bonds. The Morgan fingerprint density at radius 1 is 1.35 bits per heavy atom. The highest BCUT2D eigenvalue weighted by molar-refractivity contribution is 6.00. The number of nitrogens with one attached hydrogen (secondary N) is 1. The summed E-state index contributed by atoms with van der Waals surface area (Å²) < 4.78 is 6.90. The molecule has 3 rings (SSSR count). The molecule has 0 aliphatic heterocycles. The molecule has 0 aliphatic rings. The van der Waals surface area contributed by atoms with Crippen LogP contribution in [0.2, 0.25) is 0 Å². The molecule has 23 heavy (non-hydrogen) atoms. The number of aromatic nitrogens is 4. The number of fused-ring (bicyclic) bond motifs is 1. The Balaban J connectivity index is 1.73. The number of rotatable bonds is 5.